The fourth-order valence-electron chi connectivity index (χ4n) is 1.60. The van der Waals surface area contributed by atoms with E-state index >= 15 is 0 Å². The molecule has 2 N–H and O–H groups in total. The molecule has 0 spiro atoms. The summed E-state index contributed by atoms with van der Waals surface area (Å²) in [5, 5.41) is 18.1. The predicted molar refractivity (Wildman–Crippen MR) is 69.5 cm³/mol. The number of H-pyrrole nitrogens is 1. The minimum absolute atomic E-state index is 0.249. The Morgan fingerprint density at radius 3 is 3.00 bits per heavy atom. The maximum Gasteiger partial charge on any atom is 0.275 e. The van der Waals surface area contributed by atoms with Gasteiger partial charge in [0.05, 0.1) is 5.56 Å². The fraction of sp³-hybridized carbons (Fsp3) is 0.231. The van der Waals surface area contributed by atoms with Crippen LogP contribution in [0, 0.1) is 11.3 Å². The largest absolute Gasteiger partial charge is 0.304 e. The lowest BCUT2D eigenvalue weighted by Gasteiger charge is -2.00. The molecule has 6 heteroatoms. The number of carbonyl (C=O) groups is 1. The van der Waals surface area contributed by atoms with Crippen molar-refractivity contribution in [3.8, 4) is 6.07 Å². The zero-order valence-corrected chi connectivity index (χ0v) is 10.5. The predicted octanol–water partition coefficient (Wildman–Crippen LogP) is 1.88. The van der Waals surface area contributed by atoms with Crippen molar-refractivity contribution in [1.29, 1.82) is 5.26 Å². The second-order valence-electron chi connectivity index (χ2n) is 4.03. The molecule has 0 bridgehead atoms. The minimum Gasteiger partial charge on any atom is -0.304 e. The average molecular weight is 255 g/mol. The normalized spacial score (nSPS) is 9.89. The number of anilines is 1. The van der Waals surface area contributed by atoms with E-state index in [1.807, 2.05) is 6.07 Å². The van der Waals surface area contributed by atoms with E-state index in [0.717, 1.165) is 18.5 Å². The second-order valence-corrected chi connectivity index (χ2v) is 4.03. The molecule has 0 aliphatic carbocycles. The van der Waals surface area contributed by atoms with Crippen molar-refractivity contribution in [2.24, 2.45) is 0 Å². The number of aromatic nitrogens is 3. The zero-order chi connectivity index (χ0) is 13.7. The molecule has 2 aromatic rings. The van der Waals surface area contributed by atoms with Crippen LogP contribution in [-0.2, 0) is 6.42 Å². The molecule has 0 atom stereocenters. The van der Waals surface area contributed by atoms with E-state index in [4.69, 9.17) is 5.26 Å². The average Bonchev–Trinajstić information content (AvgIpc) is 2.86. The van der Waals surface area contributed by atoms with Gasteiger partial charge in [0.15, 0.2) is 5.82 Å². The topological polar surface area (TPSA) is 94.5 Å². The lowest BCUT2D eigenvalue weighted by atomic mass is 10.2. The van der Waals surface area contributed by atoms with Crippen LogP contribution < -0.4 is 5.32 Å². The number of rotatable bonds is 4. The number of pyridine rings is 1. The van der Waals surface area contributed by atoms with Crippen LogP contribution in [0.1, 0.15) is 35.1 Å². The van der Waals surface area contributed by atoms with Gasteiger partial charge in [0.2, 0.25) is 0 Å². The summed E-state index contributed by atoms with van der Waals surface area (Å²) in [6.07, 6.45) is 3.26. The van der Waals surface area contributed by atoms with Gasteiger partial charge in [-0.2, -0.15) is 10.4 Å². The Kier molecular flexibility index (Phi) is 3.88. The Bertz CT molecular complexity index is 609. The molecule has 0 fully saturated rings. The Balaban J connectivity index is 2.05. The molecule has 96 valence electrons. The maximum atomic E-state index is 11.9. The Morgan fingerprint density at radius 1 is 1.53 bits per heavy atom. The summed E-state index contributed by atoms with van der Waals surface area (Å²) >= 11 is 0. The molecule has 0 aliphatic rings. The highest BCUT2D eigenvalue weighted by molar-refractivity contribution is 6.02. The number of amides is 1. The number of nitrogens with zero attached hydrogens (tertiary/aromatic N) is 3. The highest BCUT2D eigenvalue weighted by Gasteiger charge is 2.09. The van der Waals surface area contributed by atoms with Crippen molar-refractivity contribution >= 4 is 11.7 Å². The number of hydrogen-bond donors (Lipinski definition) is 2. The number of nitriles is 1. The van der Waals surface area contributed by atoms with Crippen LogP contribution in [0.2, 0.25) is 0 Å². The molecule has 0 unspecified atom stereocenters. The summed E-state index contributed by atoms with van der Waals surface area (Å²) in [4.78, 5) is 15.8. The first-order valence-electron chi connectivity index (χ1n) is 5.94. The van der Waals surface area contributed by atoms with Crippen LogP contribution in [-0.4, -0.2) is 21.1 Å². The first-order chi connectivity index (χ1) is 9.22. The summed E-state index contributed by atoms with van der Waals surface area (Å²) in [5.74, 6) is 0.124. The Morgan fingerprint density at radius 2 is 2.37 bits per heavy atom. The minimum atomic E-state index is -0.348. The van der Waals surface area contributed by atoms with Crippen molar-refractivity contribution in [3.63, 3.8) is 0 Å². The first-order valence-corrected chi connectivity index (χ1v) is 5.94. The molecule has 0 aromatic carbocycles. The SMILES string of the molecule is CCCc1cc(NC(=O)c2ccc(C#N)cn2)n[nH]1. The van der Waals surface area contributed by atoms with Gasteiger partial charge in [0.1, 0.15) is 11.8 Å². The van der Waals surface area contributed by atoms with E-state index in [2.05, 4.69) is 27.4 Å². The molecule has 2 heterocycles. The van der Waals surface area contributed by atoms with E-state index in [-0.39, 0.29) is 11.6 Å². The molecule has 0 saturated carbocycles. The third-order valence-corrected chi connectivity index (χ3v) is 2.52. The van der Waals surface area contributed by atoms with E-state index in [0.29, 0.717) is 11.4 Å². The van der Waals surface area contributed by atoms with Gasteiger partial charge in [-0.05, 0) is 18.6 Å². The molecule has 1 amide bonds. The van der Waals surface area contributed by atoms with Gasteiger partial charge in [-0.15, -0.1) is 0 Å². The maximum absolute atomic E-state index is 11.9. The van der Waals surface area contributed by atoms with Crippen LogP contribution in [0.3, 0.4) is 0 Å². The van der Waals surface area contributed by atoms with Gasteiger partial charge in [-0.3, -0.25) is 9.89 Å². The molecule has 0 radical (unpaired) electrons. The number of hydrogen-bond acceptors (Lipinski definition) is 4. The third kappa shape index (κ3) is 3.16. The van der Waals surface area contributed by atoms with Gasteiger partial charge in [0, 0.05) is 18.0 Å². The van der Waals surface area contributed by atoms with Crippen molar-refractivity contribution in [2.75, 3.05) is 5.32 Å². The van der Waals surface area contributed by atoms with Gasteiger partial charge >= 0.3 is 0 Å². The van der Waals surface area contributed by atoms with Crippen molar-refractivity contribution in [1.82, 2.24) is 15.2 Å². The van der Waals surface area contributed by atoms with Gasteiger partial charge in [0.25, 0.3) is 5.91 Å². The van der Waals surface area contributed by atoms with Crippen LogP contribution in [0.4, 0.5) is 5.82 Å². The lowest BCUT2D eigenvalue weighted by Crippen LogP contribution is -2.13. The van der Waals surface area contributed by atoms with Gasteiger partial charge < -0.3 is 5.32 Å². The second kappa shape index (κ2) is 5.78. The van der Waals surface area contributed by atoms with Crippen LogP contribution in [0.5, 0.6) is 0 Å². The van der Waals surface area contributed by atoms with E-state index < -0.39 is 0 Å². The number of carbonyl (C=O) groups excluding carboxylic acids is 1. The van der Waals surface area contributed by atoms with E-state index in [1.165, 1.54) is 12.3 Å². The zero-order valence-electron chi connectivity index (χ0n) is 10.5. The lowest BCUT2D eigenvalue weighted by molar-refractivity contribution is 0.102. The molecule has 0 aliphatic heterocycles. The van der Waals surface area contributed by atoms with E-state index in [9.17, 15) is 4.79 Å². The summed E-state index contributed by atoms with van der Waals surface area (Å²) in [5.41, 5.74) is 1.64. The summed E-state index contributed by atoms with van der Waals surface area (Å²) in [6, 6.07) is 6.80. The quantitative estimate of drug-likeness (QED) is 0.872. The standard InChI is InChI=1S/C13H13N5O/c1-2-3-10-6-12(18-17-10)16-13(19)11-5-4-9(7-14)8-15-11/h4-6,8H,2-3H2,1H3,(H2,16,17,18,19). The number of nitrogens with one attached hydrogen (secondary N) is 2. The number of aromatic amines is 1. The highest BCUT2D eigenvalue weighted by atomic mass is 16.1. The van der Waals surface area contributed by atoms with Crippen LogP contribution in [0.25, 0.3) is 0 Å². The monoisotopic (exact) mass is 255 g/mol. The highest BCUT2D eigenvalue weighted by Crippen LogP contribution is 2.09. The molecular weight excluding hydrogens is 242 g/mol. The van der Waals surface area contributed by atoms with Gasteiger partial charge in [-0.25, -0.2) is 4.98 Å². The summed E-state index contributed by atoms with van der Waals surface area (Å²) in [6.45, 7) is 2.07. The summed E-state index contributed by atoms with van der Waals surface area (Å²) in [7, 11) is 0. The molecule has 19 heavy (non-hydrogen) atoms. The first kappa shape index (κ1) is 12.8. The number of aryl methyl sites for hydroxylation is 1. The molecule has 6 nitrogen and oxygen atoms in total. The van der Waals surface area contributed by atoms with Gasteiger partial charge in [-0.1, -0.05) is 13.3 Å². The molecule has 2 aromatic heterocycles. The Labute approximate surface area is 110 Å². The van der Waals surface area contributed by atoms with E-state index in [1.54, 1.807) is 12.1 Å². The molecule has 2 rings (SSSR count). The smallest absolute Gasteiger partial charge is 0.275 e. The third-order valence-electron chi connectivity index (χ3n) is 2.52. The van der Waals surface area contributed by atoms with Crippen LogP contribution in [0.15, 0.2) is 24.4 Å². The van der Waals surface area contributed by atoms with Crippen molar-refractivity contribution < 1.29 is 4.79 Å². The Hall–Kier alpha value is -2.68. The fourth-order valence-corrected chi connectivity index (χ4v) is 1.60. The summed E-state index contributed by atoms with van der Waals surface area (Å²) < 4.78 is 0. The van der Waals surface area contributed by atoms with Crippen molar-refractivity contribution in [3.05, 3.63) is 41.3 Å². The van der Waals surface area contributed by atoms with Crippen LogP contribution >= 0.6 is 0 Å². The van der Waals surface area contributed by atoms with Crippen molar-refractivity contribution in [2.45, 2.75) is 19.8 Å². The molecular formula is C13H13N5O. The molecule has 0 saturated heterocycles.